The van der Waals surface area contributed by atoms with Crippen LogP contribution in [0.15, 0.2) is 29.2 Å². The van der Waals surface area contributed by atoms with Crippen LogP contribution in [0.3, 0.4) is 0 Å². The van der Waals surface area contributed by atoms with Crippen molar-refractivity contribution in [3.63, 3.8) is 0 Å². The molecule has 0 aliphatic carbocycles. The molecule has 16 heavy (non-hydrogen) atoms. The summed E-state index contributed by atoms with van der Waals surface area (Å²) in [5.41, 5.74) is 5.51. The van der Waals surface area contributed by atoms with Gasteiger partial charge in [0.15, 0.2) is 9.84 Å². The van der Waals surface area contributed by atoms with Crippen molar-refractivity contribution in [3.05, 3.63) is 24.3 Å². The third-order valence-electron chi connectivity index (χ3n) is 2.27. The van der Waals surface area contributed by atoms with E-state index >= 15 is 0 Å². The van der Waals surface area contributed by atoms with E-state index in [1.807, 2.05) is 6.92 Å². The predicted molar refractivity (Wildman–Crippen MR) is 63.3 cm³/mol. The Morgan fingerprint density at radius 3 is 2.25 bits per heavy atom. The zero-order valence-corrected chi connectivity index (χ0v) is 10.3. The first-order valence-electron chi connectivity index (χ1n) is 5.14. The Kier molecular flexibility index (Phi) is 4.32. The summed E-state index contributed by atoms with van der Waals surface area (Å²) in [5, 5.41) is 0. The molecule has 5 heteroatoms. The van der Waals surface area contributed by atoms with Crippen LogP contribution in [0, 0.1) is 0 Å². The first kappa shape index (κ1) is 13.0. The smallest absolute Gasteiger partial charge is 0.175 e. The maximum absolute atomic E-state index is 11.2. The minimum atomic E-state index is -3.14. The molecule has 1 unspecified atom stereocenters. The van der Waals surface area contributed by atoms with Gasteiger partial charge in [0.05, 0.1) is 4.90 Å². The summed E-state index contributed by atoms with van der Waals surface area (Å²) in [4.78, 5) is 0.292. The normalized spacial score (nSPS) is 13.4. The maximum Gasteiger partial charge on any atom is 0.175 e. The number of sulfone groups is 1. The fourth-order valence-electron chi connectivity index (χ4n) is 1.26. The van der Waals surface area contributed by atoms with Crippen molar-refractivity contribution in [2.45, 2.75) is 24.3 Å². The molecule has 0 radical (unpaired) electrons. The van der Waals surface area contributed by atoms with Gasteiger partial charge >= 0.3 is 0 Å². The lowest BCUT2D eigenvalue weighted by Gasteiger charge is -2.15. The first-order valence-corrected chi connectivity index (χ1v) is 7.03. The van der Waals surface area contributed by atoms with Crippen molar-refractivity contribution >= 4 is 9.84 Å². The fourth-order valence-corrected chi connectivity index (χ4v) is 1.89. The van der Waals surface area contributed by atoms with E-state index in [4.69, 9.17) is 10.5 Å². The quantitative estimate of drug-likeness (QED) is 0.843. The van der Waals surface area contributed by atoms with Crippen molar-refractivity contribution in [2.24, 2.45) is 5.73 Å². The molecule has 0 heterocycles. The minimum absolute atomic E-state index is 0.0240. The number of ether oxygens (including phenoxy) is 1. The number of hydrogen-bond donors (Lipinski definition) is 1. The van der Waals surface area contributed by atoms with Gasteiger partial charge < -0.3 is 10.5 Å². The van der Waals surface area contributed by atoms with Gasteiger partial charge in [0, 0.05) is 12.8 Å². The average Bonchev–Trinajstić information content (AvgIpc) is 2.25. The SMILES string of the molecule is CCC(CN)Oc1ccc(S(C)(=O)=O)cc1. The van der Waals surface area contributed by atoms with Gasteiger partial charge in [0.25, 0.3) is 0 Å². The molecule has 0 saturated carbocycles. The van der Waals surface area contributed by atoms with Gasteiger partial charge in [-0.2, -0.15) is 0 Å². The molecule has 4 nitrogen and oxygen atoms in total. The summed E-state index contributed by atoms with van der Waals surface area (Å²) in [6, 6.07) is 6.37. The van der Waals surface area contributed by atoms with E-state index in [9.17, 15) is 8.42 Å². The van der Waals surface area contributed by atoms with Crippen LogP contribution in [0.5, 0.6) is 5.75 Å². The maximum atomic E-state index is 11.2. The van der Waals surface area contributed by atoms with Crippen LogP contribution in [0.4, 0.5) is 0 Å². The third kappa shape index (κ3) is 3.50. The molecular formula is C11H17NO3S. The topological polar surface area (TPSA) is 69.4 Å². The van der Waals surface area contributed by atoms with E-state index in [1.165, 1.54) is 18.4 Å². The van der Waals surface area contributed by atoms with E-state index in [0.717, 1.165) is 6.42 Å². The second-order valence-corrected chi connectivity index (χ2v) is 5.64. The minimum Gasteiger partial charge on any atom is -0.489 e. The van der Waals surface area contributed by atoms with E-state index in [1.54, 1.807) is 12.1 Å². The Bertz CT molecular complexity index is 421. The van der Waals surface area contributed by atoms with Crippen LogP contribution in [0.2, 0.25) is 0 Å². The van der Waals surface area contributed by atoms with Crippen LogP contribution in [-0.2, 0) is 9.84 Å². The molecule has 0 aromatic heterocycles. The summed E-state index contributed by atoms with van der Waals surface area (Å²) in [7, 11) is -3.14. The Morgan fingerprint density at radius 1 is 1.31 bits per heavy atom. The largest absolute Gasteiger partial charge is 0.489 e. The van der Waals surface area contributed by atoms with Gasteiger partial charge in [-0.05, 0) is 30.7 Å². The van der Waals surface area contributed by atoms with Crippen LogP contribution in [-0.4, -0.2) is 27.3 Å². The summed E-state index contributed by atoms with van der Waals surface area (Å²) in [5.74, 6) is 0.643. The summed E-state index contributed by atoms with van der Waals surface area (Å²) in [6.07, 6.45) is 1.98. The predicted octanol–water partition coefficient (Wildman–Crippen LogP) is 1.21. The Morgan fingerprint density at radius 2 is 1.88 bits per heavy atom. The van der Waals surface area contributed by atoms with Gasteiger partial charge in [0.1, 0.15) is 11.9 Å². The number of nitrogens with two attached hydrogens (primary N) is 1. The highest BCUT2D eigenvalue weighted by Gasteiger charge is 2.08. The van der Waals surface area contributed by atoms with Crippen molar-refractivity contribution in [1.29, 1.82) is 0 Å². The molecular weight excluding hydrogens is 226 g/mol. The van der Waals surface area contributed by atoms with Crippen molar-refractivity contribution in [1.82, 2.24) is 0 Å². The van der Waals surface area contributed by atoms with Crippen molar-refractivity contribution in [2.75, 3.05) is 12.8 Å². The monoisotopic (exact) mass is 243 g/mol. The average molecular weight is 243 g/mol. The lowest BCUT2D eigenvalue weighted by Crippen LogP contribution is -2.25. The molecule has 0 spiro atoms. The van der Waals surface area contributed by atoms with Crippen LogP contribution >= 0.6 is 0 Å². The zero-order valence-electron chi connectivity index (χ0n) is 9.51. The fraction of sp³-hybridized carbons (Fsp3) is 0.455. The van der Waals surface area contributed by atoms with Crippen LogP contribution < -0.4 is 10.5 Å². The van der Waals surface area contributed by atoms with Gasteiger partial charge in [-0.3, -0.25) is 0 Å². The van der Waals surface area contributed by atoms with Gasteiger partial charge in [-0.15, -0.1) is 0 Å². The lowest BCUT2D eigenvalue weighted by molar-refractivity contribution is 0.205. The van der Waals surface area contributed by atoms with Crippen molar-refractivity contribution < 1.29 is 13.2 Å². The van der Waals surface area contributed by atoms with E-state index in [2.05, 4.69) is 0 Å². The highest BCUT2D eigenvalue weighted by Crippen LogP contribution is 2.17. The van der Waals surface area contributed by atoms with E-state index in [0.29, 0.717) is 17.2 Å². The molecule has 0 aliphatic heterocycles. The van der Waals surface area contributed by atoms with Gasteiger partial charge in [-0.1, -0.05) is 6.92 Å². The van der Waals surface area contributed by atoms with Crippen molar-refractivity contribution in [3.8, 4) is 5.75 Å². The van der Waals surface area contributed by atoms with E-state index in [-0.39, 0.29) is 6.10 Å². The summed E-state index contributed by atoms with van der Waals surface area (Å²) >= 11 is 0. The molecule has 0 amide bonds. The highest BCUT2D eigenvalue weighted by molar-refractivity contribution is 7.90. The van der Waals surface area contributed by atoms with Crippen LogP contribution in [0.1, 0.15) is 13.3 Å². The number of benzene rings is 1. The molecule has 0 saturated heterocycles. The molecule has 1 atom stereocenters. The molecule has 0 fully saturated rings. The number of rotatable bonds is 5. The third-order valence-corrected chi connectivity index (χ3v) is 3.40. The second-order valence-electron chi connectivity index (χ2n) is 3.63. The molecule has 1 rings (SSSR count). The molecule has 90 valence electrons. The Labute approximate surface area is 96.3 Å². The second kappa shape index (κ2) is 5.32. The standard InChI is InChI=1S/C11H17NO3S/c1-3-9(8-12)15-10-4-6-11(7-5-10)16(2,13)14/h4-7,9H,3,8,12H2,1-2H3. The molecule has 1 aromatic carbocycles. The first-order chi connectivity index (χ1) is 7.47. The van der Waals surface area contributed by atoms with Gasteiger partial charge in [0.2, 0.25) is 0 Å². The Hall–Kier alpha value is -1.07. The molecule has 2 N–H and O–H groups in total. The highest BCUT2D eigenvalue weighted by atomic mass is 32.2. The van der Waals surface area contributed by atoms with Gasteiger partial charge in [-0.25, -0.2) is 8.42 Å². The Balaban J connectivity index is 2.80. The molecule has 0 bridgehead atoms. The summed E-state index contributed by atoms with van der Waals surface area (Å²) in [6.45, 7) is 2.44. The summed E-state index contributed by atoms with van der Waals surface area (Å²) < 4.78 is 28.0. The lowest BCUT2D eigenvalue weighted by atomic mass is 10.2. The zero-order chi connectivity index (χ0) is 12.2. The molecule has 0 aliphatic rings. The van der Waals surface area contributed by atoms with E-state index < -0.39 is 9.84 Å². The van der Waals surface area contributed by atoms with Crippen LogP contribution in [0.25, 0.3) is 0 Å². The number of hydrogen-bond acceptors (Lipinski definition) is 4. The molecule has 1 aromatic rings.